The molecule has 0 atom stereocenters. The van der Waals surface area contributed by atoms with Crippen LogP contribution in [0.1, 0.15) is 37.3 Å². The van der Waals surface area contributed by atoms with E-state index in [1.807, 2.05) is 18.2 Å². The Bertz CT molecular complexity index is 1030. The number of nitrogens with one attached hydrogen (secondary N) is 1. The number of methoxy groups -OCH3 is 1. The zero-order chi connectivity index (χ0) is 21.2. The maximum atomic E-state index is 11.7. The van der Waals surface area contributed by atoms with Crippen LogP contribution in [0.25, 0.3) is 10.2 Å². The van der Waals surface area contributed by atoms with E-state index < -0.39 is 0 Å². The van der Waals surface area contributed by atoms with E-state index in [0.717, 1.165) is 42.0 Å². The van der Waals surface area contributed by atoms with Crippen molar-refractivity contribution in [2.45, 2.75) is 43.7 Å². The van der Waals surface area contributed by atoms with Crippen LogP contribution in [-0.4, -0.2) is 58.3 Å². The van der Waals surface area contributed by atoms with Crippen molar-refractivity contribution in [3.05, 3.63) is 42.4 Å². The van der Waals surface area contributed by atoms with Gasteiger partial charge in [-0.25, -0.2) is 14.8 Å². The Labute approximate surface area is 184 Å². The number of nitrogens with zero attached hydrogens (tertiary/aromatic N) is 4. The van der Waals surface area contributed by atoms with Crippen LogP contribution >= 0.6 is 11.3 Å². The van der Waals surface area contributed by atoms with Gasteiger partial charge in [0, 0.05) is 50.3 Å². The van der Waals surface area contributed by atoms with Gasteiger partial charge >= 0.3 is 6.09 Å². The highest BCUT2D eigenvalue weighted by Crippen LogP contribution is 2.35. The minimum Gasteiger partial charge on any atom is -0.473 e. The van der Waals surface area contributed by atoms with Crippen molar-refractivity contribution < 1.29 is 14.3 Å². The molecule has 1 aromatic carbocycles. The fraction of sp³-hybridized carbons (Fsp3) is 0.455. The summed E-state index contributed by atoms with van der Waals surface area (Å²) in [7, 11) is 1.42. The molecular weight excluding hydrogens is 414 g/mol. The number of likely N-dealkylation sites (tertiary alicyclic amines) is 1. The summed E-state index contributed by atoms with van der Waals surface area (Å²) in [6.45, 7) is 1.32. The lowest BCUT2D eigenvalue weighted by atomic mass is 9.89. The molecule has 1 N–H and O–H groups in total. The second-order valence-corrected chi connectivity index (χ2v) is 9.05. The SMILES string of the molecule is COC(=O)N1CCC(c2nccnc2OC2CC(Nc3nc4ccccc4s3)C2)CC1. The van der Waals surface area contributed by atoms with E-state index in [1.165, 1.54) is 11.8 Å². The summed E-state index contributed by atoms with van der Waals surface area (Å²) in [5.41, 5.74) is 1.93. The monoisotopic (exact) mass is 439 g/mol. The molecule has 31 heavy (non-hydrogen) atoms. The molecule has 1 saturated carbocycles. The molecule has 1 saturated heterocycles. The number of carbonyl (C=O) groups excluding carboxylic acids is 1. The maximum absolute atomic E-state index is 11.7. The molecule has 3 aromatic rings. The molecule has 0 unspecified atom stereocenters. The van der Waals surface area contributed by atoms with Crippen LogP contribution in [0.4, 0.5) is 9.93 Å². The summed E-state index contributed by atoms with van der Waals surface area (Å²) >= 11 is 1.68. The molecule has 0 bridgehead atoms. The van der Waals surface area contributed by atoms with Crippen molar-refractivity contribution in [3.63, 3.8) is 0 Å². The van der Waals surface area contributed by atoms with Crippen LogP contribution < -0.4 is 10.1 Å². The molecule has 1 aliphatic heterocycles. The van der Waals surface area contributed by atoms with E-state index in [0.29, 0.717) is 25.0 Å². The van der Waals surface area contributed by atoms with Crippen molar-refractivity contribution in [2.24, 2.45) is 0 Å². The van der Waals surface area contributed by atoms with E-state index in [9.17, 15) is 4.79 Å². The van der Waals surface area contributed by atoms with Crippen molar-refractivity contribution >= 4 is 32.8 Å². The van der Waals surface area contributed by atoms with Gasteiger partial charge in [-0.15, -0.1) is 0 Å². The highest BCUT2D eigenvalue weighted by atomic mass is 32.1. The summed E-state index contributed by atoms with van der Waals surface area (Å²) in [6, 6.07) is 8.53. The molecule has 2 aromatic heterocycles. The van der Waals surface area contributed by atoms with E-state index in [-0.39, 0.29) is 18.1 Å². The third-order valence-corrected chi connectivity index (χ3v) is 6.97. The van der Waals surface area contributed by atoms with Gasteiger partial charge in [0.1, 0.15) is 11.8 Å². The number of thiazole rings is 1. The molecule has 3 heterocycles. The number of hydrogen-bond acceptors (Lipinski definition) is 8. The second-order valence-electron chi connectivity index (χ2n) is 8.02. The van der Waals surface area contributed by atoms with Crippen LogP contribution in [0, 0.1) is 0 Å². The van der Waals surface area contributed by atoms with Gasteiger partial charge in [-0.1, -0.05) is 23.5 Å². The number of ether oxygens (including phenoxy) is 2. The summed E-state index contributed by atoms with van der Waals surface area (Å²) in [5, 5.41) is 4.48. The van der Waals surface area contributed by atoms with Crippen LogP contribution in [-0.2, 0) is 4.74 Å². The summed E-state index contributed by atoms with van der Waals surface area (Å²) in [6.07, 6.45) is 6.73. The lowest BCUT2D eigenvalue weighted by Gasteiger charge is -2.36. The smallest absolute Gasteiger partial charge is 0.409 e. The average Bonchev–Trinajstić information content (AvgIpc) is 3.20. The molecule has 0 radical (unpaired) electrons. The van der Waals surface area contributed by atoms with Gasteiger partial charge in [0.05, 0.1) is 17.3 Å². The predicted molar refractivity (Wildman–Crippen MR) is 119 cm³/mol. The Kier molecular flexibility index (Phi) is 5.59. The first kappa shape index (κ1) is 20.0. The number of anilines is 1. The van der Waals surface area contributed by atoms with E-state index >= 15 is 0 Å². The van der Waals surface area contributed by atoms with Crippen LogP contribution in [0.5, 0.6) is 5.88 Å². The minimum absolute atomic E-state index is 0.123. The van der Waals surface area contributed by atoms with Gasteiger partial charge < -0.3 is 19.7 Å². The number of aromatic nitrogens is 3. The highest BCUT2D eigenvalue weighted by Gasteiger charge is 2.34. The molecule has 2 aliphatic rings. The largest absolute Gasteiger partial charge is 0.473 e. The topological polar surface area (TPSA) is 89.5 Å². The summed E-state index contributed by atoms with van der Waals surface area (Å²) in [5.74, 6) is 0.865. The third kappa shape index (κ3) is 4.27. The molecule has 9 heteroatoms. The lowest BCUT2D eigenvalue weighted by Crippen LogP contribution is -2.43. The molecule has 1 aliphatic carbocycles. The van der Waals surface area contributed by atoms with E-state index in [1.54, 1.807) is 28.6 Å². The molecule has 0 spiro atoms. The molecule has 2 fully saturated rings. The number of rotatable bonds is 5. The number of amides is 1. The molecule has 162 valence electrons. The number of hydrogen-bond donors (Lipinski definition) is 1. The van der Waals surface area contributed by atoms with Gasteiger partial charge in [0.2, 0.25) is 5.88 Å². The average molecular weight is 440 g/mol. The standard InChI is InChI=1S/C22H25N5O3S/c1-29-22(28)27-10-6-14(7-11-27)19-20(24-9-8-23-19)30-16-12-15(13-16)25-21-26-17-4-2-3-5-18(17)31-21/h2-5,8-9,14-16H,6-7,10-13H2,1H3,(H,25,26). The van der Waals surface area contributed by atoms with Gasteiger partial charge in [-0.3, -0.25) is 4.98 Å². The maximum Gasteiger partial charge on any atom is 0.409 e. The minimum atomic E-state index is -0.268. The fourth-order valence-electron chi connectivity index (χ4n) is 4.22. The Balaban J connectivity index is 1.16. The Morgan fingerprint density at radius 2 is 1.94 bits per heavy atom. The Morgan fingerprint density at radius 1 is 1.16 bits per heavy atom. The number of fused-ring (bicyclic) bond motifs is 1. The number of benzene rings is 1. The van der Waals surface area contributed by atoms with Crippen molar-refractivity contribution in [2.75, 3.05) is 25.5 Å². The van der Waals surface area contributed by atoms with Crippen LogP contribution in [0.2, 0.25) is 0 Å². The number of piperidine rings is 1. The predicted octanol–water partition coefficient (Wildman–Crippen LogP) is 4.05. The quantitative estimate of drug-likeness (QED) is 0.641. The summed E-state index contributed by atoms with van der Waals surface area (Å²) < 4.78 is 12.2. The van der Waals surface area contributed by atoms with Gasteiger partial charge in [-0.2, -0.15) is 0 Å². The van der Waals surface area contributed by atoms with Gasteiger partial charge in [-0.05, 0) is 25.0 Å². The second kappa shape index (κ2) is 8.66. The zero-order valence-electron chi connectivity index (χ0n) is 17.4. The fourth-order valence-corrected chi connectivity index (χ4v) is 5.16. The first-order chi connectivity index (χ1) is 15.2. The number of carbonyl (C=O) groups is 1. The van der Waals surface area contributed by atoms with Crippen molar-refractivity contribution in [3.8, 4) is 5.88 Å². The third-order valence-electron chi connectivity index (χ3n) is 6.00. The van der Waals surface area contributed by atoms with Crippen molar-refractivity contribution in [1.29, 1.82) is 0 Å². The zero-order valence-corrected chi connectivity index (χ0v) is 18.2. The van der Waals surface area contributed by atoms with Crippen molar-refractivity contribution in [1.82, 2.24) is 19.9 Å². The van der Waals surface area contributed by atoms with E-state index in [4.69, 9.17) is 9.47 Å². The lowest BCUT2D eigenvalue weighted by molar-refractivity contribution is 0.0972. The first-order valence-electron chi connectivity index (χ1n) is 10.6. The van der Waals surface area contributed by atoms with Gasteiger partial charge in [0.15, 0.2) is 5.13 Å². The molecule has 1 amide bonds. The molecule has 8 nitrogen and oxygen atoms in total. The molecule has 5 rings (SSSR count). The van der Waals surface area contributed by atoms with Gasteiger partial charge in [0.25, 0.3) is 0 Å². The number of para-hydroxylation sites is 1. The normalized spacial score (nSPS) is 21.5. The highest BCUT2D eigenvalue weighted by molar-refractivity contribution is 7.22. The Hall–Kier alpha value is -2.94. The van der Waals surface area contributed by atoms with Crippen LogP contribution in [0.15, 0.2) is 36.7 Å². The molecular formula is C22H25N5O3S. The van der Waals surface area contributed by atoms with E-state index in [2.05, 4.69) is 26.3 Å². The Morgan fingerprint density at radius 3 is 2.71 bits per heavy atom. The summed E-state index contributed by atoms with van der Waals surface area (Å²) in [4.78, 5) is 27.1. The van der Waals surface area contributed by atoms with Crippen LogP contribution in [0.3, 0.4) is 0 Å². The first-order valence-corrected chi connectivity index (χ1v) is 11.4.